The number of hydrogen-bond acceptors (Lipinski definition) is 5. The number of piperidine rings is 2. The van der Waals surface area contributed by atoms with Crippen molar-refractivity contribution < 1.29 is 14.3 Å². The second-order valence-electron chi connectivity index (χ2n) is 9.80. The Balaban J connectivity index is 1.94. The fraction of sp³-hybridized carbons (Fsp3) is 0.762. The zero-order valence-electron chi connectivity index (χ0n) is 17.5. The number of rotatable bonds is 3. The van der Waals surface area contributed by atoms with Gasteiger partial charge in [-0.2, -0.15) is 5.26 Å². The normalized spacial score (nSPS) is 32.1. The van der Waals surface area contributed by atoms with Crippen LogP contribution in [0.4, 0.5) is 4.79 Å². The molecule has 0 unspecified atom stereocenters. The van der Waals surface area contributed by atoms with E-state index >= 15 is 0 Å². The molecule has 7 heteroatoms. The molecule has 3 aliphatic heterocycles. The summed E-state index contributed by atoms with van der Waals surface area (Å²) in [7, 11) is 0. The van der Waals surface area contributed by atoms with Gasteiger partial charge in [0.1, 0.15) is 5.60 Å². The number of nitrogens with two attached hydrogens (primary N) is 1. The summed E-state index contributed by atoms with van der Waals surface area (Å²) in [5.41, 5.74) is 5.93. The second-order valence-corrected chi connectivity index (χ2v) is 9.80. The summed E-state index contributed by atoms with van der Waals surface area (Å²) in [6.07, 6.45) is 1.97. The van der Waals surface area contributed by atoms with Crippen molar-refractivity contribution in [2.45, 2.75) is 65.0 Å². The van der Waals surface area contributed by atoms with Crippen LogP contribution in [0.2, 0.25) is 0 Å². The summed E-state index contributed by atoms with van der Waals surface area (Å²) in [5, 5.41) is 12.9. The molecular weight excluding hydrogens is 356 g/mol. The molecule has 4 aliphatic rings. The first-order valence-corrected chi connectivity index (χ1v) is 10.2. The van der Waals surface area contributed by atoms with Crippen molar-refractivity contribution in [3.05, 3.63) is 11.3 Å². The number of nitrogens with zero attached hydrogens (tertiary/aromatic N) is 2. The van der Waals surface area contributed by atoms with Crippen LogP contribution in [0.25, 0.3) is 0 Å². The SMILES string of the molecule is CC(C)CC[C@@H]1[C@H]2C(=O)N[C@]3(CCN(C(=O)OC(C)(C)C)C[C@H]13)C(C#N)=C2N. The van der Waals surface area contributed by atoms with E-state index in [1.807, 2.05) is 20.8 Å². The Kier molecular flexibility index (Phi) is 5.11. The van der Waals surface area contributed by atoms with Crippen molar-refractivity contribution >= 4 is 12.0 Å². The second kappa shape index (κ2) is 6.98. The van der Waals surface area contributed by atoms with Crippen LogP contribution >= 0.6 is 0 Å². The molecule has 28 heavy (non-hydrogen) atoms. The molecule has 0 radical (unpaired) electrons. The Morgan fingerprint density at radius 2 is 2.14 bits per heavy atom. The minimum absolute atomic E-state index is 0.0264. The van der Waals surface area contributed by atoms with Crippen molar-refractivity contribution in [1.29, 1.82) is 5.26 Å². The van der Waals surface area contributed by atoms with Crippen LogP contribution in [0.15, 0.2) is 11.3 Å². The summed E-state index contributed by atoms with van der Waals surface area (Å²) in [5.74, 6) is -0.0626. The lowest BCUT2D eigenvalue weighted by Crippen LogP contribution is -2.73. The van der Waals surface area contributed by atoms with Crippen LogP contribution in [-0.2, 0) is 9.53 Å². The van der Waals surface area contributed by atoms with Gasteiger partial charge < -0.3 is 20.7 Å². The first kappa shape index (κ1) is 20.5. The van der Waals surface area contributed by atoms with Crippen LogP contribution in [0, 0.1) is 35.0 Å². The van der Waals surface area contributed by atoms with Gasteiger partial charge in [0.05, 0.1) is 23.1 Å². The maximum absolute atomic E-state index is 12.8. The number of fused-ring (bicyclic) bond motifs is 1. The standard InChI is InChI=1S/C21H32N4O3/c1-12(2)6-7-13-15-11-25(19(27)28-20(3,4)5)9-8-21(15)14(10-22)17(23)16(13)18(26)24-21/h12-13,15-16H,6-9,11,23H2,1-5H3,(H,24,26)/t13-,15+,16+,21+/m0/s1. The maximum Gasteiger partial charge on any atom is 0.410 e. The van der Waals surface area contributed by atoms with Gasteiger partial charge in [-0.15, -0.1) is 0 Å². The summed E-state index contributed by atoms with van der Waals surface area (Å²) in [4.78, 5) is 27.2. The number of nitrogens with one attached hydrogen (secondary N) is 1. The first-order chi connectivity index (χ1) is 13.0. The van der Waals surface area contributed by atoms with Gasteiger partial charge in [-0.3, -0.25) is 4.79 Å². The van der Waals surface area contributed by atoms with E-state index in [0.717, 1.165) is 12.8 Å². The van der Waals surface area contributed by atoms with Gasteiger partial charge in [0.25, 0.3) is 0 Å². The largest absolute Gasteiger partial charge is 0.444 e. The molecule has 1 spiro atoms. The molecule has 3 heterocycles. The molecule has 1 aliphatic carbocycles. The highest BCUT2D eigenvalue weighted by atomic mass is 16.6. The Morgan fingerprint density at radius 1 is 1.46 bits per heavy atom. The molecule has 0 saturated carbocycles. The summed E-state index contributed by atoms with van der Waals surface area (Å²) >= 11 is 0. The molecule has 2 amide bonds. The fourth-order valence-corrected chi connectivity index (χ4v) is 5.07. The molecule has 0 aromatic rings. The Labute approximate surface area is 167 Å². The van der Waals surface area contributed by atoms with Crippen molar-refractivity contribution in [3.63, 3.8) is 0 Å². The van der Waals surface area contributed by atoms with E-state index in [4.69, 9.17) is 10.5 Å². The predicted octanol–water partition coefficient (Wildman–Crippen LogP) is 2.53. The molecule has 4 atom stereocenters. The third-order valence-electron chi connectivity index (χ3n) is 6.31. The van der Waals surface area contributed by atoms with E-state index < -0.39 is 17.1 Å². The fourth-order valence-electron chi connectivity index (χ4n) is 5.07. The molecule has 7 nitrogen and oxygen atoms in total. The van der Waals surface area contributed by atoms with Crippen LogP contribution in [0.3, 0.4) is 0 Å². The van der Waals surface area contributed by atoms with Gasteiger partial charge >= 0.3 is 6.09 Å². The third-order valence-corrected chi connectivity index (χ3v) is 6.31. The average Bonchev–Trinajstić information content (AvgIpc) is 2.57. The lowest BCUT2D eigenvalue weighted by molar-refractivity contribution is -0.138. The zero-order valence-corrected chi connectivity index (χ0v) is 17.5. The minimum atomic E-state index is -0.759. The van der Waals surface area contributed by atoms with Crippen LogP contribution < -0.4 is 11.1 Å². The molecule has 3 N–H and O–H groups in total. The quantitative estimate of drug-likeness (QED) is 0.772. The number of amides is 2. The minimum Gasteiger partial charge on any atom is -0.444 e. The number of carbonyl (C=O) groups excluding carboxylic acids is 2. The molecule has 4 rings (SSSR count). The third kappa shape index (κ3) is 3.34. The number of likely N-dealkylation sites (tertiary alicyclic amines) is 1. The van der Waals surface area contributed by atoms with Gasteiger partial charge in [0, 0.05) is 24.7 Å². The van der Waals surface area contributed by atoms with Crippen LogP contribution in [0.5, 0.6) is 0 Å². The van der Waals surface area contributed by atoms with Gasteiger partial charge in [-0.1, -0.05) is 20.3 Å². The highest BCUT2D eigenvalue weighted by Gasteiger charge is 2.62. The predicted molar refractivity (Wildman–Crippen MR) is 105 cm³/mol. The van der Waals surface area contributed by atoms with E-state index in [1.165, 1.54) is 0 Å². The van der Waals surface area contributed by atoms with Crippen LogP contribution in [-0.4, -0.2) is 41.1 Å². The molecular formula is C21H32N4O3. The molecule has 154 valence electrons. The van der Waals surface area contributed by atoms with Gasteiger partial charge in [-0.25, -0.2) is 4.79 Å². The summed E-state index contributed by atoms with van der Waals surface area (Å²) < 4.78 is 5.56. The van der Waals surface area contributed by atoms with Crippen molar-refractivity contribution in [1.82, 2.24) is 10.2 Å². The zero-order chi connectivity index (χ0) is 20.9. The van der Waals surface area contributed by atoms with E-state index in [2.05, 4.69) is 25.2 Å². The number of ether oxygens (including phenoxy) is 1. The Morgan fingerprint density at radius 3 is 2.71 bits per heavy atom. The monoisotopic (exact) mass is 388 g/mol. The molecule has 2 fully saturated rings. The number of nitriles is 1. The molecule has 2 bridgehead atoms. The highest BCUT2D eigenvalue weighted by Crippen LogP contribution is 2.53. The van der Waals surface area contributed by atoms with Crippen molar-refractivity contribution in [3.8, 4) is 6.07 Å². The van der Waals surface area contributed by atoms with E-state index in [0.29, 0.717) is 36.7 Å². The van der Waals surface area contributed by atoms with Crippen molar-refractivity contribution in [2.24, 2.45) is 29.4 Å². The Bertz CT molecular complexity index is 746. The van der Waals surface area contributed by atoms with Crippen LogP contribution in [0.1, 0.15) is 53.9 Å². The maximum atomic E-state index is 12.8. The van der Waals surface area contributed by atoms with E-state index in [-0.39, 0.29) is 23.8 Å². The summed E-state index contributed by atoms with van der Waals surface area (Å²) in [6, 6.07) is 2.27. The number of hydrogen-bond donors (Lipinski definition) is 2. The highest BCUT2D eigenvalue weighted by molar-refractivity contribution is 5.88. The van der Waals surface area contributed by atoms with E-state index in [9.17, 15) is 14.9 Å². The average molecular weight is 389 g/mol. The smallest absolute Gasteiger partial charge is 0.410 e. The molecule has 0 aromatic heterocycles. The molecule has 0 aromatic carbocycles. The first-order valence-electron chi connectivity index (χ1n) is 10.2. The van der Waals surface area contributed by atoms with Crippen molar-refractivity contribution in [2.75, 3.05) is 13.1 Å². The lowest BCUT2D eigenvalue weighted by Gasteiger charge is -2.59. The van der Waals surface area contributed by atoms with Gasteiger partial charge in [0.15, 0.2) is 0 Å². The topological polar surface area (TPSA) is 108 Å². The van der Waals surface area contributed by atoms with Gasteiger partial charge in [-0.05, 0) is 45.4 Å². The number of carbonyl (C=O) groups is 2. The van der Waals surface area contributed by atoms with E-state index in [1.54, 1.807) is 4.90 Å². The lowest BCUT2D eigenvalue weighted by atomic mass is 9.54. The summed E-state index contributed by atoms with van der Waals surface area (Å²) in [6.45, 7) is 10.7. The van der Waals surface area contributed by atoms with Gasteiger partial charge in [0.2, 0.25) is 5.91 Å². The Hall–Kier alpha value is -2.23. The molecule has 2 saturated heterocycles.